The van der Waals surface area contributed by atoms with Crippen LogP contribution in [0.15, 0.2) is 18.2 Å². The number of hydrogen-bond acceptors (Lipinski definition) is 4. The summed E-state index contributed by atoms with van der Waals surface area (Å²) < 4.78 is 0. The van der Waals surface area contributed by atoms with Crippen molar-refractivity contribution < 1.29 is 4.92 Å². The molecule has 1 aromatic carbocycles. The number of nitro groups is 1. The van der Waals surface area contributed by atoms with E-state index in [-0.39, 0.29) is 10.6 Å². The van der Waals surface area contributed by atoms with Crippen LogP contribution in [-0.2, 0) is 6.54 Å². The van der Waals surface area contributed by atoms with E-state index in [9.17, 15) is 10.1 Å². The molecule has 0 spiro atoms. The molecule has 2 rings (SSSR count). The van der Waals surface area contributed by atoms with E-state index in [1.54, 1.807) is 6.07 Å². The van der Waals surface area contributed by atoms with Crippen molar-refractivity contribution in [2.45, 2.75) is 33.7 Å². The molecule has 21 heavy (non-hydrogen) atoms. The summed E-state index contributed by atoms with van der Waals surface area (Å²) in [5.41, 5.74) is 1.91. The van der Waals surface area contributed by atoms with Crippen LogP contribution in [0.3, 0.4) is 0 Å². The summed E-state index contributed by atoms with van der Waals surface area (Å²) in [6.45, 7) is 10.3. The monoisotopic (exact) mass is 291 g/mol. The zero-order chi connectivity index (χ0) is 15.4. The Bertz CT molecular complexity index is 504. The number of nitrogens with zero attached hydrogens (tertiary/aromatic N) is 2. The van der Waals surface area contributed by atoms with Gasteiger partial charge in [0.1, 0.15) is 5.69 Å². The van der Waals surface area contributed by atoms with Gasteiger partial charge in [0, 0.05) is 25.7 Å². The Balaban J connectivity index is 2.10. The molecule has 2 atom stereocenters. The van der Waals surface area contributed by atoms with E-state index < -0.39 is 0 Å². The van der Waals surface area contributed by atoms with Crippen LogP contribution in [-0.4, -0.2) is 29.5 Å². The maximum atomic E-state index is 11.0. The average Bonchev–Trinajstić information content (AvgIpc) is 2.43. The fourth-order valence-electron chi connectivity index (χ4n) is 2.92. The predicted molar refractivity (Wildman–Crippen MR) is 85.5 cm³/mol. The van der Waals surface area contributed by atoms with E-state index in [1.807, 2.05) is 19.1 Å². The van der Waals surface area contributed by atoms with Crippen LogP contribution in [0.25, 0.3) is 0 Å². The molecule has 1 saturated heterocycles. The van der Waals surface area contributed by atoms with E-state index in [0.29, 0.717) is 18.2 Å². The first-order chi connectivity index (χ1) is 10.0. The second kappa shape index (κ2) is 6.89. The van der Waals surface area contributed by atoms with Crippen LogP contribution >= 0.6 is 0 Å². The molecule has 1 aliphatic rings. The molecule has 0 bridgehead atoms. The van der Waals surface area contributed by atoms with Crippen molar-refractivity contribution >= 4 is 11.4 Å². The summed E-state index contributed by atoms with van der Waals surface area (Å²) in [5.74, 6) is 1.50. The van der Waals surface area contributed by atoms with Gasteiger partial charge >= 0.3 is 0 Å². The van der Waals surface area contributed by atoms with E-state index >= 15 is 0 Å². The van der Waals surface area contributed by atoms with Crippen molar-refractivity contribution in [3.05, 3.63) is 33.9 Å². The van der Waals surface area contributed by atoms with Gasteiger partial charge in [-0.3, -0.25) is 15.0 Å². The number of nitro benzene ring substituents is 1. The van der Waals surface area contributed by atoms with Crippen LogP contribution in [0.2, 0.25) is 0 Å². The van der Waals surface area contributed by atoms with Gasteiger partial charge in [-0.25, -0.2) is 0 Å². The minimum absolute atomic E-state index is 0.154. The molecule has 5 heteroatoms. The van der Waals surface area contributed by atoms with E-state index in [2.05, 4.69) is 24.1 Å². The predicted octanol–water partition coefficient (Wildman–Crippen LogP) is 3.50. The van der Waals surface area contributed by atoms with E-state index in [0.717, 1.165) is 31.1 Å². The highest BCUT2D eigenvalue weighted by Crippen LogP contribution is 2.28. The summed E-state index contributed by atoms with van der Waals surface area (Å²) in [5, 5.41) is 14.1. The maximum Gasteiger partial charge on any atom is 0.292 e. The van der Waals surface area contributed by atoms with E-state index in [4.69, 9.17) is 0 Å². The van der Waals surface area contributed by atoms with Gasteiger partial charge in [-0.15, -0.1) is 0 Å². The van der Waals surface area contributed by atoms with Gasteiger partial charge < -0.3 is 5.32 Å². The minimum atomic E-state index is -0.327. The summed E-state index contributed by atoms with van der Waals surface area (Å²) in [7, 11) is 0. The molecule has 0 aliphatic carbocycles. The molecule has 1 N–H and O–H groups in total. The first kappa shape index (κ1) is 15.8. The third-order valence-corrected chi connectivity index (χ3v) is 4.45. The molecular weight excluding hydrogens is 266 g/mol. The lowest BCUT2D eigenvalue weighted by Gasteiger charge is -2.35. The van der Waals surface area contributed by atoms with Crippen LogP contribution in [0.5, 0.6) is 0 Å². The highest BCUT2D eigenvalue weighted by Gasteiger charge is 2.23. The zero-order valence-electron chi connectivity index (χ0n) is 13.1. The molecule has 0 amide bonds. The summed E-state index contributed by atoms with van der Waals surface area (Å²) in [4.78, 5) is 13.2. The van der Waals surface area contributed by atoms with Crippen LogP contribution < -0.4 is 5.32 Å². The van der Waals surface area contributed by atoms with Crippen molar-refractivity contribution in [2.75, 3.05) is 25.0 Å². The van der Waals surface area contributed by atoms with E-state index in [1.165, 1.54) is 6.42 Å². The highest BCUT2D eigenvalue weighted by molar-refractivity contribution is 5.62. The number of piperidine rings is 1. The molecule has 1 aliphatic heterocycles. The summed E-state index contributed by atoms with van der Waals surface area (Å²) in [6, 6.07) is 5.41. The lowest BCUT2D eigenvalue weighted by atomic mass is 9.88. The minimum Gasteiger partial charge on any atom is -0.380 e. The maximum absolute atomic E-state index is 11.0. The van der Waals surface area contributed by atoms with Gasteiger partial charge in [0.2, 0.25) is 0 Å². The second-order valence-corrected chi connectivity index (χ2v) is 6.12. The molecular formula is C16H25N3O2. The van der Waals surface area contributed by atoms with Gasteiger partial charge in [-0.2, -0.15) is 0 Å². The summed E-state index contributed by atoms with van der Waals surface area (Å²) in [6.07, 6.45) is 1.23. The van der Waals surface area contributed by atoms with Crippen molar-refractivity contribution in [1.29, 1.82) is 0 Å². The van der Waals surface area contributed by atoms with Gasteiger partial charge in [-0.1, -0.05) is 19.9 Å². The molecule has 1 aromatic rings. The lowest BCUT2D eigenvalue weighted by Crippen LogP contribution is -2.37. The van der Waals surface area contributed by atoms with Gasteiger partial charge in [-0.05, 0) is 43.4 Å². The first-order valence-corrected chi connectivity index (χ1v) is 7.74. The number of nitrogens with one attached hydrogen (secondary N) is 1. The largest absolute Gasteiger partial charge is 0.380 e. The fourth-order valence-corrected chi connectivity index (χ4v) is 2.92. The van der Waals surface area contributed by atoms with Gasteiger partial charge in [0.25, 0.3) is 5.69 Å². The second-order valence-electron chi connectivity index (χ2n) is 6.12. The molecule has 1 heterocycles. The molecule has 1 fully saturated rings. The van der Waals surface area contributed by atoms with Crippen molar-refractivity contribution in [3.63, 3.8) is 0 Å². The Morgan fingerprint density at radius 2 is 2.14 bits per heavy atom. The van der Waals surface area contributed by atoms with Crippen molar-refractivity contribution in [2.24, 2.45) is 11.8 Å². The number of likely N-dealkylation sites (tertiary alicyclic amines) is 1. The zero-order valence-corrected chi connectivity index (χ0v) is 13.1. The Morgan fingerprint density at radius 1 is 1.38 bits per heavy atom. The summed E-state index contributed by atoms with van der Waals surface area (Å²) >= 11 is 0. The first-order valence-electron chi connectivity index (χ1n) is 7.74. The van der Waals surface area contributed by atoms with Crippen LogP contribution in [0, 0.1) is 22.0 Å². The molecule has 0 saturated carbocycles. The van der Waals surface area contributed by atoms with Crippen molar-refractivity contribution in [1.82, 2.24) is 4.90 Å². The molecule has 5 nitrogen and oxygen atoms in total. The third kappa shape index (κ3) is 3.94. The van der Waals surface area contributed by atoms with Gasteiger partial charge in [0.15, 0.2) is 0 Å². The van der Waals surface area contributed by atoms with Crippen LogP contribution in [0.1, 0.15) is 32.8 Å². The number of anilines is 1. The SMILES string of the molecule is CCNc1cc(CN2CCC(C)C(C)C2)ccc1[N+](=O)[O-]. The highest BCUT2D eigenvalue weighted by atomic mass is 16.6. The third-order valence-electron chi connectivity index (χ3n) is 4.45. The molecule has 2 unspecified atom stereocenters. The molecule has 116 valence electrons. The Labute approximate surface area is 126 Å². The quantitative estimate of drug-likeness (QED) is 0.666. The topological polar surface area (TPSA) is 58.4 Å². The lowest BCUT2D eigenvalue weighted by molar-refractivity contribution is -0.384. The van der Waals surface area contributed by atoms with Crippen LogP contribution in [0.4, 0.5) is 11.4 Å². The number of hydrogen-bond donors (Lipinski definition) is 1. The number of rotatable bonds is 5. The van der Waals surface area contributed by atoms with Crippen molar-refractivity contribution in [3.8, 4) is 0 Å². The smallest absolute Gasteiger partial charge is 0.292 e. The number of benzene rings is 1. The molecule has 0 aromatic heterocycles. The average molecular weight is 291 g/mol. The Kier molecular flexibility index (Phi) is 5.17. The Hall–Kier alpha value is -1.62. The standard InChI is InChI=1S/C16H25N3O2/c1-4-17-15-9-14(5-6-16(15)19(20)21)11-18-8-7-12(2)13(3)10-18/h5-6,9,12-13,17H,4,7-8,10-11H2,1-3H3. The molecule has 0 radical (unpaired) electrons. The normalized spacial score (nSPS) is 23.0. The fraction of sp³-hybridized carbons (Fsp3) is 0.625. The van der Waals surface area contributed by atoms with Gasteiger partial charge in [0.05, 0.1) is 4.92 Å². The Morgan fingerprint density at radius 3 is 2.76 bits per heavy atom.